The van der Waals surface area contributed by atoms with Gasteiger partial charge in [0.15, 0.2) is 5.17 Å². The lowest BCUT2D eigenvalue weighted by molar-refractivity contribution is 0.304. The highest BCUT2D eigenvalue weighted by Crippen LogP contribution is 2.21. The summed E-state index contributed by atoms with van der Waals surface area (Å²) in [5.74, 6) is 0.667. The van der Waals surface area contributed by atoms with Crippen LogP contribution in [0.1, 0.15) is 16.7 Å². The van der Waals surface area contributed by atoms with Crippen molar-refractivity contribution in [2.75, 3.05) is 0 Å². The fraction of sp³-hybridized carbons (Fsp3) is 0.0909. The zero-order chi connectivity index (χ0) is 20.5. The van der Waals surface area contributed by atoms with E-state index in [2.05, 4.69) is 10.2 Å². The van der Waals surface area contributed by atoms with Crippen molar-refractivity contribution >= 4 is 34.7 Å². The minimum absolute atomic E-state index is 0.253. The van der Waals surface area contributed by atoms with Gasteiger partial charge in [0, 0.05) is 22.4 Å². The first-order valence-corrected chi connectivity index (χ1v) is 10.2. The highest BCUT2D eigenvalue weighted by atomic mass is 35.5. The van der Waals surface area contributed by atoms with E-state index < -0.39 is 5.82 Å². The summed E-state index contributed by atoms with van der Waals surface area (Å²) in [6, 6.07) is 21.5. The van der Waals surface area contributed by atoms with E-state index in [1.54, 1.807) is 18.2 Å². The highest BCUT2D eigenvalue weighted by Gasteiger charge is 2.05. The maximum atomic E-state index is 13.7. The topological polar surface area (TPSA) is 60.0 Å². The second-order valence-electron chi connectivity index (χ2n) is 6.06. The standard InChI is InChI=1S/C22H19ClFN3OS/c23-19-8-4-7-17(11-19)14-28-21-12-20(24)10-9-18(21)13-26-27-22(25)29-15-16-5-2-1-3-6-16/h1-13H,14-15H2,(H2,25,27). The average molecular weight is 428 g/mol. The van der Waals surface area contributed by atoms with Crippen LogP contribution in [-0.4, -0.2) is 11.4 Å². The maximum Gasteiger partial charge on any atom is 0.180 e. The van der Waals surface area contributed by atoms with Gasteiger partial charge in [0.05, 0.1) is 6.21 Å². The molecular formula is C22H19ClFN3OS. The van der Waals surface area contributed by atoms with Gasteiger partial charge in [-0.3, -0.25) is 0 Å². The van der Waals surface area contributed by atoms with Crippen LogP contribution in [0.25, 0.3) is 0 Å². The summed E-state index contributed by atoms with van der Waals surface area (Å²) in [5, 5.41) is 8.95. The van der Waals surface area contributed by atoms with Crippen LogP contribution in [0.3, 0.4) is 0 Å². The Kier molecular flexibility index (Phi) is 7.67. The number of halogens is 2. The van der Waals surface area contributed by atoms with Crippen LogP contribution < -0.4 is 10.5 Å². The smallest absolute Gasteiger partial charge is 0.180 e. The van der Waals surface area contributed by atoms with Gasteiger partial charge in [0.25, 0.3) is 0 Å². The summed E-state index contributed by atoms with van der Waals surface area (Å²) < 4.78 is 19.4. The first kappa shape index (κ1) is 20.9. The van der Waals surface area contributed by atoms with Gasteiger partial charge < -0.3 is 10.5 Å². The number of hydrogen-bond acceptors (Lipinski definition) is 4. The number of ether oxygens (including phenoxy) is 1. The van der Waals surface area contributed by atoms with E-state index in [1.165, 1.54) is 30.1 Å². The second kappa shape index (κ2) is 10.6. The van der Waals surface area contributed by atoms with Crippen molar-refractivity contribution in [1.82, 2.24) is 0 Å². The molecule has 0 saturated carbocycles. The Morgan fingerprint density at radius 1 is 1.03 bits per heavy atom. The molecule has 3 rings (SSSR count). The van der Waals surface area contributed by atoms with E-state index in [1.807, 2.05) is 42.5 Å². The number of benzene rings is 3. The van der Waals surface area contributed by atoms with Crippen LogP contribution >= 0.6 is 23.4 Å². The first-order valence-electron chi connectivity index (χ1n) is 8.80. The number of amidine groups is 1. The molecule has 0 heterocycles. The van der Waals surface area contributed by atoms with Crippen LogP contribution in [0.5, 0.6) is 5.75 Å². The summed E-state index contributed by atoms with van der Waals surface area (Å²) in [5.41, 5.74) is 8.51. The molecule has 2 N–H and O–H groups in total. The van der Waals surface area contributed by atoms with E-state index in [0.29, 0.717) is 27.3 Å². The molecular weight excluding hydrogens is 409 g/mol. The Labute approximate surface area is 178 Å². The molecule has 0 radical (unpaired) electrons. The van der Waals surface area contributed by atoms with Crippen LogP contribution in [-0.2, 0) is 12.4 Å². The molecule has 0 amide bonds. The Balaban J connectivity index is 1.63. The van der Waals surface area contributed by atoms with Gasteiger partial charge >= 0.3 is 0 Å². The SMILES string of the molecule is NC(=NN=Cc1ccc(F)cc1OCc1cccc(Cl)c1)SCc1ccccc1. The fourth-order valence-electron chi connectivity index (χ4n) is 2.44. The summed E-state index contributed by atoms with van der Waals surface area (Å²) in [6.07, 6.45) is 1.49. The zero-order valence-corrected chi connectivity index (χ0v) is 17.0. The molecule has 0 atom stereocenters. The summed E-state index contributed by atoms with van der Waals surface area (Å²) in [6.45, 7) is 0.253. The Morgan fingerprint density at radius 3 is 2.62 bits per heavy atom. The van der Waals surface area contributed by atoms with Gasteiger partial charge in [-0.25, -0.2) is 4.39 Å². The molecule has 3 aromatic rings. The summed E-state index contributed by atoms with van der Waals surface area (Å²) in [7, 11) is 0. The van der Waals surface area contributed by atoms with Crippen molar-refractivity contribution in [3.05, 3.63) is 100 Å². The summed E-state index contributed by atoms with van der Waals surface area (Å²) >= 11 is 7.37. The molecule has 4 nitrogen and oxygen atoms in total. The first-order chi connectivity index (χ1) is 14.1. The van der Waals surface area contributed by atoms with Crippen molar-refractivity contribution in [2.45, 2.75) is 12.4 Å². The molecule has 0 aliphatic carbocycles. The van der Waals surface area contributed by atoms with Gasteiger partial charge in [-0.15, -0.1) is 5.10 Å². The molecule has 148 valence electrons. The van der Waals surface area contributed by atoms with E-state index in [-0.39, 0.29) is 6.61 Å². The normalized spacial score (nSPS) is 11.7. The summed E-state index contributed by atoms with van der Waals surface area (Å²) in [4.78, 5) is 0. The van der Waals surface area contributed by atoms with E-state index >= 15 is 0 Å². The lowest BCUT2D eigenvalue weighted by Gasteiger charge is -2.09. The third kappa shape index (κ3) is 6.93. The van der Waals surface area contributed by atoms with Gasteiger partial charge in [-0.2, -0.15) is 5.10 Å². The minimum atomic E-state index is -0.398. The maximum absolute atomic E-state index is 13.7. The van der Waals surface area contributed by atoms with Crippen LogP contribution in [0, 0.1) is 5.82 Å². The molecule has 0 aliphatic heterocycles. The predicted octanol–water partition coefficient (Wildman–Crippen LogP) is 5.64. The molecule has 0 aliphatic rings. The number of rotatable bonds is 7. The molecule has 29 heavy (non-hydrogen) atoms. The van der Waals surface area contributed by atoms with Crippen molar-refractivity contribution in [3.8, 4) is 5.75 Å². The largest absolute Gasteiger partial charge is 0.488 e. The third-order valence-corrected chi connectivity index (χ3v) is 4.93. The fourth-order valence-corrected chi connectivity index (χ4v) is 3.26. The van der Waals surface area contributed by atoms with E-state index in [0.717, 1.165) is 11.1 Å². The predicted molar refractivity (Wildman–Crippen MR) is 119 cm³/mol. The lowest BCUT2D eigenvalue weighted by Crippen LogP contribution is -2.06. The zero-order valence-electron chi connectivity index (χ0n) is 15.5. The molecule has 0 unspecified atom stereocenters. The highest BCUT2D eigenvalue weighted by molar-refractivity contribution is 8.13. The van der Waals surface area contributed by atoms with Crippen LogP contribution in [0.4, 0.5) is 4.39 Å². The van der Waals surface area contributed by atoms with E-state index in [9.17, 15) is 4.39 Å². The molecule has 0 aromatic heterocycles. The second-order valence-corrected chi connectivity index (χ2v) is 7.49. The number of nitrogens with two attached hydrogens (primary N) is 1. The van der Waals surface area contributed by atoms with Gasteiger partial charge in [0.2, 0.25) is 0 Å². The Bertz CT molecular complexity index is 1010. The third-order valence-electron chi connectivity index (χ3n) is 3.84. The van der Waals surface area contributed by atoms with Crippen LogP contribution in [0.2, 0.25) is 5.02 Å². The molecule has 0 saturated heterocycles. The molecule has 0 bridgehead atoms. The molecule has 0 fully saturated rings. The van der Waals surface area contributed by atoms with Gasteiger partial charge in [-0.05, 0) is 35.4 Å². The van der Waals surface area contributed by atoms with Crippen molar-refractivity contribution in [1.29, 1.82) is 0 Å². The van der Waals surface area contributed by atoms with E-state index in [4.69, 9.17) is 22.1 Å². The molecule has 7 heteroatoms. The number of hydrogen-bond donors (Lipinski definition) is 1. The molecule has 3 aromatic carbocycles. The minimum Gasteiger partial charge on any atom is -0.488 e. The van der Waals surface area contributed by atoms with Crippen LogP contribution in [0.15, 0.2) is 83.0 Å². The van der Waals surface area contributed by atoms with Gasteiger partial charge in [-0.1, -0.05) is 65.8 Å². The van der Waals surface area contributed by atoms with Gasteiger partial charge in [0.1, 0.15) is 18.2 Å². The van der Waals surface area contributed by atoms with Crippen molar-refractivity contribution < 1.29 is 9.13 Å². The molecule has 0 spiro atoms. The Hall–Kier alpha value is -2.83. The quantitative estimate of drug-likeness (QED) is 0.301. The number of thioether (sulfide) groups is 1. The van der Waals surface area contributed by atoms with Crippen molar-refractivity contribution in [2.24, 2.45) is 15.9 Å². The lowest BCUT2D eigenvalue weighted by atomic mass is 10.2. The number of nitrogens with zero attached hydrogens (tertiary/aromatic N) is 2. The Morgan fingerprint density at radius 2 is 1.83 bits per heavy atom. The average Bonchev–Trinajstić information content (AvgIpc) is 2.73. The monoisotopic (exact) mass is 427 g/mol. The van der Waals surface area contributed by atoms with Crippen molar-refractivity contribution in [3.63, 3.8) is 0 Å².